The number of carbonyl (C=O) groups is 1. The highest BCUT2D eigenvalue weighted by molar-refractivity contribution is 5.74. The molecular formula is C13H26N2O2. The Bertz CT molecular complexity index is 278. The SMILES string of the molecule is CC(C)[C@H](O)C1(CNC(=O)NC(C)(C)C)CC1. The molecule has 1 aliphatic rings. The Kier molecular flexibility index (Phi) is 4.07. The first-order valence-corrected chi connectivity index (χ1v) is 6.40. The van der Waals surface area contributed by atoms with Gasteiger partial charge in [-0.15, -0.1) is 0 Å². The molecule has 1 aliphatic carbocycles. The van der Waals surface area contributed by atoms with Crippen LogP contribution in [0.3, 0.4) is 0 Å². The number of urea groups is 1. The van der Waals surface area contributed by atoms with Crippen LogP contribution in [-0.4, -0.2) is 29.3 Å². The zero-order valence-electron chi connectivity index (χ0n) is 11.6. The summed E-state index contributed by atoms with van der Waals surface area (Å²) in [7, 11) is 0. The van der Waals surface area contributed by atoms with Gasteiger partial charge in [0, 0.05) is 17.5 Å². The average molecular weight is 242 g/mol. The molecule has 1 rings (SSSR count). The molecule has 0 aliphatic heterocycles. The first kappa shape index (κ1) is 14.3. The van der Waals surface area contributed by atoms with Gasteiger partial charge in [-0.1, -0.05) is 13.8 Å². The van der Waals surface area contributed by atoms with Gasteiger partial charge in [-0.2, -0.15) is 0 Å². The van der Waals surface area contributed by atoms with E-state index in [0.717, 1.165) is 12.8 Å². The van der Waals surface area contributed by atoms with Crippen molar-refractivity contribution in [2.75, 3.05) is 6.54 Å². The lowest BCUT2D eigenvalue weighted by atomic mass is 9.90. The molecule has 4 nitrogen and oxygen atoms in total. The van der Waals surface area contributed by atoms with E-state index in [1.54, 1.807) is 0 Å². The lowest BCUT2D eigenvalue weighted by molar-refractivity contribution is 0.0514. The van der Waals surface area contributed by atoms with Gasteiger partial charge in [-0.25, -0.2) is 4.79 Å². The fourth-order valence-electron chi connectivity index (χ4n) is 2.09. The highest BCUT2D eigenvalue weighted by Gasteiger charge is 2.49. The molecule has 1 fully saturated rings. The van der Waals surface area contributed by atoms with E-state index in [2.05, 4.69) is 10.6 Å². The van der Waals surface area contributed by atoms with E-state index in [4.69, 9.17) is 0 Å². The fraction of sp³-hybridized carbons (Fsp3) is 0.923. The summed E-state index contributed by atoms with van der Waals surface area (Å²) in [5, 5.41) is 15.8. The molecule has 0 aromatic heterocycles. The lowest BCUT2D eigenvalue weighted by Crippen LogP contribution is -2.49. The summed E-state index contributed by atoms with van der Waals surface area (Å²) in [6.45, 7) is 10.4. The van der Waals surface area contributed by atoms with Crippen molar-refractivity contribution in [1.82, 2.24) is 10.6 Å². The van der Waals surface area contributed by atoms with Crippen LogP contribution in [0.15, 0.2) is 0 Å². The van der Waals surface area contributed by atoms with Crippen LogP contribution in [0.25, 0.3) is 0 Å². The van der Waals surface area contributed by atoms with Crippen LogP contribution < -0.4 is 10.6 Å². The average Bonchev–Trinajstić information content (AvgIpc) is 2.91. The van der Waals surface area contributed by atoms with E-state index in [0.29, 0.717) is 6.54 Å². The van der Waals surface area contributed by atoms with Gasteiger partial charge in [0.25, 0.3) is 0 Å². The molecule has 0 radical (unpaired) electrons. The highest BCUT2D eigenvalue weighted by Crippen LogP contribution is 2.50. The van der Waals surface area contributed by atoms with Crippen molar-refractivity contribution in [3.63, 3.8) is 0 Å². The molecular weight excluding hydrogens is 216 g/mol. The van der Waals surface area contributed by atoms with Crippen molar-refractivity contribution in [1.29, 1.82) is 0 Å². The maximum absolute atomic E-state index is 11.6. The normalized spacial score (nSPS) is 19.9. The third kappa shape index (κ3) is 4.19. The molecule has 100 valence electrons. The standard InChI is InChI=1S/C13H26N2O2/c1-9(2)10(16)13(6-7-13)8-14-11(17)15-12(3,4)5/h9-10,16H,6-8H2,1-5H3,(H2,14,15,17)/t10-/m0/s1. The number of carbonyl (C=O) groups excluding carboxylic acids is 1. The topological polar surface area (TPSA) is 61.4 Å². The molecule has 17 heavy (non-hydrogen) atoms. The Labute approximate surface area is 104 Å². The van der Waals surface area contributed by atoms with Gasteiger partial charge in [0.15, 0.2) is 0 Å². The Morgan fingerprint density at radius 1 is 1.35 bits per heavy atom. The molecule has 0 saturated heterocycles. The fourth-order valence-corrected chi connectivity index (χ4v) is 2.09. The van der Waals surface area contributed by atoms with Gasteiger partial charge in [0.05, 0.1) is 6.10 Å². The maximum Gasteiger partial charge on any atom is 0.315 e. The summed E-state index contributed by atoms with van der Waals surface area (Å²) < 4.78 is 0. The summed E-state index contributed by atoms with van der Waals surface area (Å²) in [6, 6.07) is -0.153. The smallest absolute Gasteiger partial charge is 0.315 e. The van der Waals surface area contributed by atoms with Crippen molar-refractivity contribution in [3.05, 3.63) is 0 Å². The molecule has 0 unspecified atom stereocenters. The quantitative estimate of drug-likeness (QED) is 0.705. The minimum absolute atomic E-state index is 0.0800. The van der Waals surface area contributed by atoms with Crippen molar-refractivity contribution in [2.24, 2.45) is 11.3 Å². The molecule has 2 amide bonds. The predicted molar refractivity (Wildman–Crippen MR) is 68.8 cm³/mol. The van der Waals surface area contributed by atoms with Crippen LogP contribution in [0.4, 0.5) is 4.79 Å². The maximum atomic E-state index is 11.6. The summed E-state index contributed by atoms with van der Waals surface area (Å²) in [4.78, 5) is 11.6. The first-order chi connectivity index (χ1) is 7.66. The molecule has 1 saturated carbocycles. The Hall–Kier alpha value is -0.770. The second-order valence-corrected chi connectivity index (χ2v) is 6.61. The van der Waals surface area contributed by atoms with E-state index < -0.39 is 0 Å². The minimum Gasteiger partial charge on any atom is -0.392 e. The van der Waals surface area contributed by atoms with Crippen LogP contribution in [-0.2, 0) is 0 Å². The van der Waals surface area contributed by atoms with Gasteiger partial charge < -0.3 is 15.7 Å². The molecule has 0 heterocycles. The number of aliphatic hydroxyl groups excluding tert-OH is 1. The van der Waals surface area contributed by atoms with E-state index in [1.165, 1.54) is 0 Å². The third-order valence-corrected chi connectivity index (χ3v) is 3.24. The van der Waals surface area contributed by atoms with Crippen LogP contribution in [0.1, 0.15) is 47.5 Å². The van der Waals surface area contributed by atoms with Gasteiger partial charge >= 0.3 is 6.03 Å². The third-order valence-electron chi connectivity index (χ3n) is 3.24. The molecule has 0 spiro atoms. The van der Waals surface area contributed by atoms with E-state index >= 15 is 0 Å². The predicted octanol–water partition coefficient (Wildman–Crippen LogP) is 1.88. The minimum atomic E-state index is -0.322. The van der Waals surface area contributed by atoms with Crippen LogP contribution in [0.2, 0.25) is 0 Å². The monoisotopic (exact) mass is 242 g/mol. The molecule has 0 aromatic carbocycles. The van der Waals surface area contributed by atoms with E-state index in [-0.39, 0.29) is 29.0 Å². The van der Waals surface area contributed by atoms with E-state index in [1.807, 2.05) is 34.6 Å². The van der Waals surface area contributed by atoms with Crippen molar-refractivity contribution in [3.8, 4) is 0 Å². The van der Waals surface area contributed by atoms with Gasteiger partial charge in [0.1, 0.15) is 0 Å². The van der Waals surface area contributed by atoms with E-state index in [9.17, 15) is 9.90 Å². The largest absolute Gasteiger partial charge is 0.392 e. The number of hydrogen-bond donors (Lipinski definition) is 3. The second kappa shape index (κ2) is 4.84. The molecule has 0 aromatic rings. The number of rotatable bonds is 4. The summed E-state index contributed by atoms with van der Waals surface area (Å²) >= 11 is 0. The summed E-state index contributed by atoms with van der Waals surface area (Å²) in [6.07, 6.45) is 1.68. The molecule has 1 atom stereocenters. The van der Waals surface area contributed by atoms with Gasteiger partial charge in [0.2, 0.25) is 0 Å². The Balaban J connectivity index is 2.38. The number of amides is 2. The zero-order chi connectivity index (χ0) is 13.3. The number of hydrogen-bond acceptors (Lipinski definition) is 2. The number of aliphatic hydroxyl groups is 1. The lowest BCUT2D eigenvalue weighted by Gasteiger charge is -2.27. The van der Waals surface area contributed by atoms with Gasteiger partial charge in [-0.3, -0.25) is 0 Å². The summed E-state index contributed by atoms with van der Waals surface area (Å²) in [5.74, 6) is 0.241. The van der Waals surface area contributed by atoms with Crippen LogP contribution in [0, 0.1) is 11.3 Å². The first-order valence-electron chi connectivity index (χ1n) is 6.40. The highest BCUT2D eigenvalue weighted by atomic mass is 16.3. The number of nitrogens with one attached hydrogen (secondary N) is 2. The van der Waals surface area contributed by atoms with Gasteiger partial charge in [-0.05, 0) is 39.5 Å². The van der Waals surface area contributed by atoms with Crippen LogP contribution >= 0.6 is 0 Å². The molecule has 3 N–H and O–H groups in total. The van der Waals surface area contributed by atoms with Crippen LogP contribution in [0.5, 0.6) is 0 Å². The molecule has 0 bridgehead atoms. The zero-order valence-corrected chi connectivity index (χ0v) is 11.6. The molecule has 4 heteroatoms. The van der Waals surface area contributed by atoms with Crippen molar-refractivity contribution >= 4 is 6.03 Å². The summed E-state index contributed by atoms with van der Waals surface area (Å²) in [5.41, 5.74) is -0.305. The van der Waals surface area contributed by atoms with Crippen molar-refractivity contribution in [2.45, 2.75) is 59.1 Å². The second-order valence-electron chi connectivity index (χ2n) is 6.61. The Morgan fingerprint density at radius 2 is 1.88 bits per heavy atom. The Morgan fingerprint density at radius 3 is 2.24 bits per heavy atom. The van der Waals surface area contributed by atoms with Crippen molar-refractivity contribution < 1.29 is 9.90 Å².